The molecule has 0 aliphatic carbocycles. The summed E-state index contributed by atoms with van der Waals surface area (Å²) in [6.07, 6.45) is 0.521. The van der Waals surface area contributed by atoms with Crippen LogP contribution in [0.5, 0.6) is 0 Å². The van der Waals surface area contributed by atoms with Gasteiger partial charge >= 0.3 is 0 Å². The van der Waals surface area contributed by atoms with Crippen molar-refractivity contribution in [2.24, 2.45) is 5.73 Å². The number of hydrogen-bond donors (Lipinski definition) is 2. The van der Waals surface area contributed by atoms with Crippen LogP contribution in [0.3, 0.4) is 0 Å². The third kappa shape index (κ3) is 4.52. The molecule has 0 bridgehead atoms. The number of amides is 1. The summed E-state index contributed by atoms with van der Waals surface area (Å²) >= 11 is 0. The van der Waals surface area contributed by atoms with E-state index in [0.29, 0.717) is 19.0 Å². The Morgan fingerprint density at radius 2 is 2.14 bits per heavy atom. The van der Waals surface area contributed by atoms with Crippen molar-refractivity contribution in [3.63, 3.8) is 0 Å². The molecule has 1 atom stereocenters. The van der Waals surface area contributed by atoms with Crippen LogP contribution >= 0.6 is 0 Å². The van der Waals surface area contributed by atoms with E-state index in [2.05, 4.69) is 29.1 Å². The van der Waals surface area contributed by atoms with Gasteiger partial charge < -0.3 is 16.0 Å². The van der Waals surface area contributed by atoms with Crippen molar-refractivity contribution in [1.82, 2.24) is 9.80 Å². The lowest BCUT2D eigenvalue weighted by molar-refractivity contribution is -0.116. The van der Waals surface area contributed by atoms with Crippen molar-refractivity contribution in [2.75, 3.05) is 38.5 Å². The molecular weight excluding hydrogens is 264 g/mol. The average Bonchev–Trinajstić information content (AvgIpc) is 2.47. The van der Waals surface area contributed by atoms with Gasteiger partial charge in [0, 0.05) is 50.9 Å². The topological polar surface area (TPSA) is 61.6 Å². The lowest BCUT2D eigenvalue weighted by atomic mass is 10.1. The number of nitrogens with two attached hydrogens (primary N) is 1. The van der Waals surface area contributed by atoms with Gasteiger partial charge in [-0.3, -0.25) is 9.69 Å². The van der Waals surface area contributed by atoms with E-state index in [9.17, 15) is 4.79 Å². The SMILES string of the molecule is CC1CN(C)CCN1CCC(=O)Nc1ccccc1CN. The average molecular weight is 290 g/mol. The Kier molecular flexibility index (Phi) is 5.73. The number of nitrogens with zero attached hydrogens (tertiary/aromatic N) is 2. The molecule has 1 fully saturated rings. The molecular formula is C16H26N4O. The summed E-state index contributed by atoms with van der Waals surface area (Å²) in [5.74, 6) is 0.0574. The molecule has 0 aromatic heterocycles. The zero-order valence-corrected chi connectivity index (χ0v) is 13.0. The number of nitrogens with one attached hydrogen (secondary N) is 1. The van der Waals surface area contributed by atoms with Gasteiger partial charge in [-0.05, 0) is 25.6 Å². The number of para-hydroxylation sites is 1. The summed E-state index contributed by atoms with van der Waals surface area (Å²) in [5, 5.41) is 2.97. The van der Waals surface area contributed by atoms with Crippen LogP contribution in [0, 0.1) is 0 Å². The molecule has 1 aliphatic heterocycles. The van der Waals surface area contributed by atoms with Gasteiger partial charge in [0.25, 0.3) is 0 Å². The number of likely N-dealkylation sites (N-methyl/N-ethyl adjacent to an activating group) is 1. The number of rotatable bonds is 5. The summed E-state index contributed by atoms with van der Waals surface area (Å²) in [7, 11) is 2.14. The molecule has 0 saturated carbocycles. The largest absolute Gasteiger partial charge is 0.326 e. The molecule has 0 spiro atoms. The van der Waals surface area contributed by atoms with Gasteiger partial charge in [0.1, 0.15) is 0 Å². The first-order chi connectivity index (χ1) is 10.1. The molecule has 1 aromatic rings. The lowest BCUT2D eigenvalue weighted by Crippen LogP contribution is -2.50. The Bertz CT molecular complexity index is 477. The van der Waals surface area contributed by atoms with E-state index >= 15 is 0 Å². The second-order valence-corrected chi connectivity index (χ2v) is 5.81. The quantitative estimate of drug-likeness (QED) is 0.853. The van der Waals surface area contributed by atoms with E-state index in [1.807, 2.05) is 24.3 Å². The highest BCUT2D eigenvalue weighted by Gasteiger charge is 2.21. The first-order valence-corrected chi connectivity index (χ1v) is 7.60. The summed E-state index contributed by atoms with van der Waals surface area (Å²) in [6, 6.07) is 8.20. The van der Waals surface area contributed by atoms with E-state index in [0.717, 1.165) is 37.4 Å². The van der Waals surface area contributed by atoms with Crippen LogP contribution in [0.25, 0.3) is 0 Å². The van der Waals surface area contributed by atoms with E-state index in [4.69, 9.17) is 5.73 Å². The third-order valence-electron chi connectivity index (χ3n) is 4.11. The minimum absolute atomic E-state index is 0.0574. The van der Waals surface area contributed by atoms with Gasteiger partial charge in [0.2, 0.25) is 5.91 Å². The smallest absolute Gasteiger partial charge is 0.225 e. The minimum Gasteiger partial charge on any atom is -0.326 e. The van der Waals surface area contributed by atoms with Crippen LogP contribution in [0.15, 0.2) is 24.3 Å². The van der Waals surface area contributed by atoms with Crippen LogP contribution in [0.1, 0.15) is 18.9 Å². The number of anilines is 1. The van der Waals surface area contributed by atoms with Crippen LogP contribution < -0.4 is 11.1 Å². The zero-order valence-electron chi connectivity index (χ0n) is 13.0. The van der Waals surface area contributed by atoms with E-state index in [1.54, 1.807) is 0 Å². The van der Waals surface area contributed by atoms with Gasteiger partial charge in [0.15, 0.2) is 0 Å². The molecule has 5 nitrogen and oxygen atoms in total. The van der Waals surface area contributed by atoms with E-state index < -0.39 is 0 Å². The summed E-state index contributed by atoms with van der Waals surface area (Å²) < 4.78 is 0. The molecule has 1 unspecified atom stereocenters. The maximum absolute atomic E-state index is 12.1. The second-order valence-electron chi connectivity index (χ2n) is 5.81. The van der Waals surface area contributed by atoms with Crippen LogP contribution in [0.4, 0.5) is 5.69 Å². The van der Waals surface area contributed by atoms with Crippen LogP contribution in [-0.4, -0.2) is 55.0 Å². The molecule has 2 rings (SSSR count). The van der Waals surface area contributed by atoms with E-state index in [1.165, 1.54) is 0 Å². The molecule has 1 heterocycles. The van der Waals surface area contributed by atoms with Crippen molar-refractivity contribution >= 4 is 11.6 Å². The maximum atomic E-state index is 12.1. The van der Waals surface area contributed by atoms with Gasteiger partial charge in [-0.1, -0.05) is 18.2 Å². The molecule has 1 aromatic carbocycles. The summed E-state index contributed by atoms with van der Waals surface area (Å²) in [4.78, 5) is 16.8. The third-order valence-corrected chi connectivity index (χ3v) is 4.11. The highest BCUT2D eigenvalue weighted by atomic mass is 16.1. The van der Waals surface area contributed by atoms with Gasteiger partial charge in [-0.25, -0.2) is 0 Å². The van der Waals surface area contributed by atoms with Crippen LogP contribution in [0.2, 0.25) is 0 Å². The van der Waals surface area contributed by atoms with Crippen LogP contribution in [-0.2, 0) is 11.3 Å². The number of hydrogen-bond acceptors (Lipinski definition) is 4. The number of benzene rings is 1. The fourth-order valence-corrected chi connectivity index (χ4v) is 2.79. The Hall–Kier alpha value is -1.43. The standard InChI is InChI=1S/C16H26N4O/c1-13-12-19(2)9-10-20(13)8-7-16(21)18-15-6-4-3-5-14(15)11-17/h3-6,13H,7-12,17H2,1-2H3,(H,18,21). The zero-order chi connectivity index (χ0) is 15.2. The predicted molar refractivity (Wildman–Crippen MR) is 86.1 cm³/mol. The first kappa shape index (κ1) is 15.9. The first-order valence-electron chi connectivity index (χ1n) is 7.60. The monoisotopic (exact) mass is 290 g/mol. The summed E-state index contributed by atoms with van der Waals surface area (Å²) in [6.45, 7) is 6.64. The number of piperazine rings is 1. The highest BCUT2D eigenvalue weighted by Crippen LogP contribution is 2.15. The Morgan fingerprint density at radius 3 is 2.86 bits per heavy atom. The second kappa shape index (κ2) is 7.54. The normalized spacial score (nSPS) is 20.4. The minimum atomic E-state index is 0.0574. The Balaban J connectivity index is 1.82. The van der Waals surface area contributed by atoms with Crippen molar-refractivity contribution in [3.05, 3.63) is 29.8 Å². The molecule has 5 heteroatoms. The number of carbonyl (C=O) groups excluding carboxylic acids is 1. The Labute approximate surface area is 127 Å². The van der Waals surface area contributed by atoms with Crippen molar-refractivity contribution in [1.29, 1.82) is 0 Å². The Morgan fingerprint density at radius 1 is 1.38 bits per heavy atom. The van der Waals surface area contributed by atoms with E-state index in [-0.39, 0.29) is 5.91 Å². The lowest BCUT2D eigenvalue weighted by Gasteiger charge is -2.38. The molecule has 1 aliphatic rings. The molecule has 0 radical (unpaired) electrons. The maximum Gasteiger partial charge on any atom is 0.225 e. The highest BCUT2D eigenvalue weighted by molar-refractivity contribution is 5.91. The van der Waals surface area contributed by atoms with Gasteiger partial charge in [-0.15, -0.1) is 0 Å². The molecule has 116 valence electrons. The number of carbonyl (C=O) groups is 1. The van der Waals surface area contributed by atoms with Crippen molar-refractivity contribution in [2.45, 2.75) is 25.9 Å². The summed E-state index contributed by atoms with van der Waals surface area (Å²) in [5.41, 5.74) is 7.49. The van der Waals surface area contributed by atoms with Crippen molar-refractivity contribution < 1.29 is 4.79 Å². The predicted octanol–water partition coefficient (Wildman–Crippen LogP) is 1.11. The van der Waals surface area contributed by atoms with Gasteiger partial charge in [-0.2, -0.15) is 0 Å². The molecule has 3 N–H and O–H groups in total. The molecule has 21 heavy (non-hydrogen) atoms. The molecule has 1 amide bonds. The van der Waals surface area contributed by atoms with Crippen molar-refractivity contribution in [3.8, 4) is 0 Å². The fourth-order valence-electron chi connectivity index (χ4n) is 2.79. The molecule has 1 saturated heterocycles. The fraction of sp³-hybridized carbons (Fsp3) is 0.562. The van der Waals surface area contributed by atoms with Gasteiger partial charge in [0.05, 0.1) is 0 Å².